The molecule has 0 spiro atoms. The number of anilines is 2. The second-order valence-corrected chi connectivity index (χ2v) is 8.29. The highest BCUT2D eigenvalue weighted by Crippen LogP contribution is 2.32. The Labute approximate surface area is 166 Å². The van der Waals surface area contributed by atoms with E-state index in [1.54, 1.807) is 11.3 Å². The van der Waals surface area contributed by atoms with Gasteiger partial charge in [0, 0.05) is 18.8 Å². The van der Waals surface area contributed by atoms with Crippen LogP contribution in [0, 0.1) is 18.7 Å². The van der Waals surface area contributed by atoms with Crippen molar-refractivity contribution in [2.24, 2.45) is 5.92 Å². The van der Waals surface area contributed by atoms with Crippen molar-refractivity contribution in [3.05, 3.63) is 52.8 Å². The lowest BCUT2D eigenvalue weighted by molar-refractivity contribution is -0.120. The monoisotopic (exact) mass is 403 g/mol. The average molecular weight is 404 g/mol. The van der Waals surface area contributed by atoms with E-state index in [0.717, 1.165) is 34.7 Å². The van der Waals surface area contributed by atoms with Crippen LogP contribution < -0.4 is 10.2 Å². The van der Waals surface area contributed by atoms with E-state index in [0.29, 0.717) is 12.2 Å². The van der Waals surface area contributed by atoms with Crippen LogP contribution in [0.2, 0.25) is 5.02 Å². The molecular formula is C20H19ClFN3OS. The van der Waals surface area contributed by atoms with E-state index in [1.165, 1.54) is 23.8 Å². The maximum atomic E-state index is 13.3. The Morgan fingerprint density at radius 2 is 2.19 bits per heavy atom. The van der Waals surface area contributed by atoms with Crippen LogP contribution in [0.25, 0.3) is 10.2 Å². The minimum Gasteiger partial charge on any atom is -0.347 e. The van der Waals surface area contributed by atoms with E-state index >= 15 is 0 Å². The normalized spacial score (nSPS) is 17.3. The van der Waals surface area contributed by atoms with Crippen molar-refractivity contribution in [1.29, 1.82) is 0 Å². The van der Waals surface area contributed by atoms with Gasteiger partial charge in [-0.3, -0.25) is 4.79 Å². The number of carbonyl (C=O) groups is 1. The number of aryl methyl sites for hydroxylation is 1. The zero-order chi connectivity index (χ0) is 19.0. The van der Waals surface area contributed by atoms with Crippen LogP contribution in [0.3, 0.4) is 0 Å². The van der Waals surface area contributed by atoms with E-state index in [4.69, 9.17) is 16.6 Å². The number of piperidine rings is 1. The number of carbonyl (C=O) groups excluding carboxylic acids is 1. The van der Waals surface area contributed by atoms with Gasteiger partial charge in [0.1, 0.15) is 5.82 Å². The highest BCUT2D eigenvalue weighted by molar-refractivity contribution is 7.22. The molecule has 1 aliphatic rings. The molecule has 2 heterocycles. The lowest BCUT2D eigenvalue weighted by Gasteiger charge is -2.31. The minimum absolute atomic E-state index is 0.00263. The summed E-state index contributed by atoms with van der Waals surface area (Å²) in [5, 5.41) is 3.81. The number of nitrogens with zero attached hydrogens (tertiary/aromatic N) is 2. The molecule has 1 fully saturated rings. The second kappa shape index (κ2) is 7.44. The molecular weight excluding hydrogens is 385 g/mol. The number of fused-ring (bicyclic) bond motifs is 1. The molecule has 7 heteroatoms. The van der Waals surface area contributed by atoms with E-state index in [1.807, 2.05) is 6.07 Å². The number of amides is 1. The standard InChI is InChI=1S/C20H19ClFN3OS/c1-12-4-7-17-18(9-12)27-20(24-17)25-8-2-3-13(11-25)19(26)23-14-5-6-16(22)15(21)10-14/h4-7,9-10,13H,2-3,8,11H2,1H3,(H,23,26). The zero-order valence-corrected chi connectivity index (χ0v) is 16.4. The number of aromatic nitrogens is 1. The fraction of sp³-hybridized carbons (Fsp3) is 0.300. The molecule has 1 unspecified atom stereocenters. The van der Waals surface area contributed by atoms with Crippen molar-refractivity contribution in [2.45, 2.75) is 19.8 Å². The third kappa shape index (κ3) is 3.92. The molecule has 2 aromatic carbocycles. The molecule has 0 saturated carbocycles. The molecule has 1 saturated heterocycles. The summed E-state index contributed by atoms with van der Waals surface area (Å²) in [4.78, 5) is 19.6. The highest BCUT2D eigenvalue weighted by atomic mass is 35.5. The van der Waals surface area contributed by atoms with Gasteiger partial charge < -0.3 is 10.2 Å². The van der Waals surface area contributed by atoms with Gasteiger partial charge in [0.15, 0.2) is 5.13 Å². The van der Waals surface area contributed by atoms with Gasteiger partial charge in [0.05, 0.1) is 21.2 Å². The summed E-state index contributed by atoms with van der Waals surface area (Å²) in [5.74, 6) is -0.708. The smallest absolute Gasteiger partial charge is 0.229 e. The summed E-state index contributed by atoms with van der Waals surface area (Å²) >= 11 is 7.46. The third-order valence-electron chi connectivity index (χ3n) is 4.78. The predicted octanol–water partition coefficient (Wildman–Crippen LogP) is 5.25. The maximum absolute atomic E-state index is 13.3. The summed E-state index contributed by atoms with van der Waals surface area (Å²) < 4.78 is 14.4. The van der Waals surface area contributed by atoms with E-state index in [-0.39, 0.29) is 16.8 Å². The molecule has 0 bridgehead atoms. The number of nitrogens with one attached hydrogen (secondary N) is 1. The Morgan fingerprint density at radius 1 is 1.33 bits per heavy atom. The van der Waals surface area contributed by atoms with Crippen molar-refractivity contribution < 1.29 is 9.18 Å². The molecule has 4 rings (SSSR count). The Balaban J connectivity index is 1.48. The summed E-state index contributed by atoms with van der Waals surface area (Å²) in [6, 6.07) is 10.5. The van der Waals surface area contributed by atoms with Gasteiger partial charge in [-0.1, -0.05) is 29.0 Å². The first-order chi connectivity index (χ1) is 13.0. The Hall–Kier alpha value is -2.18. The van der Waals surface area contributed by atoms with E-state index < -0.39 is 5.82 Å². The van der Waals surface area contributed by atoms with Gasteiger partial charge in [-0.05, 0) is 55.7 Å². The molecule has 140 valence electrons. The highest BCUT2D eigenvalue weighted by Gasteiger charge is 2.27. The lowest BCUT2D eigenvalue weighted by atomic mass is 9.97. The van der Waals surface area contributed by atoms with Crippen LogP contribution in [0.1, 0.15) is 18.4 Å². The van der Waals surface area contributed by atoms with Gasteiger partial charge in [-0.15, -0.1) is 0 Å². The van der Waals surface area contributed by atoms with Crippen LogP contribution in [-0.2, 0) is 4.79 Å². The molecule has 3 aromatic rings. The van der Waals surface area contributed by atoms with Gasteiger partial charge in [-0.2, -0.15) is 0 Å². The van der Waals surface area contributed by atoms with Crippen LogP contribution in [0.15, 0.2) is 36.4 Å². The van der Waals surface area contributed by atoms with Gasteiger partial charge >= 0.3 is 0 Å². The molecule has 0 aliphatic carbocycles. The quantitative estimate of drug-likeness (QED) is 0.649. The first kappa shape index (κ1) is 18.2. The van der Waals surface area contributed by atoms with Crippen molar-refractivity contribution in [1.82, 2.24) is 4.98 Å². The molecule has 1 aliphatic heterocycles. The number of hydrogen-bond donors (Lipinski definition) is 1. The summed E-state index contributed by atoms with van der Waals surface area (Å²) in [6.07, 6.45) is 1.75. The van der Waals surface area contributed by atoms with Crippen LogP contribution in [-0.4, -0.2) is 24.0 Å². The summed E-state index contributed by atoms with van der Waals surface area (Å²) in [5.41, 5.74) is 2.72. The third-order valence-corrected chi connectivity index (χ3v) is 6.15. The fourth-order valence-corrected chi connectivity index (χ4v) is 4.62. The van der Waals surface area contributed by atoms with Gasteiger partial charge in [0.25, 0.3) is 0 Å². The molecule has 1 atom stereocenters. The molecule has 1 amide bonds. The molecule has 1 N–H and O–H groups in total. The SMILES string of the molecule is Cc1ccc2nc(N3CCCC(C(=O)Nc4ccc(F)c(Cl)c4)C3)sc2c1. The number of rotatable bonds is 3. The second-order valence-electron chi connectivity index (χ2n) is 6.87. The Kier molecular flexibility index (Phi) is 5.02. The summed E-state index contributed by atoms with van der Waals surface area (Å²) in [6.45, 7) is 3.59. The number of halogens is 2. The van der Waals surface area contributed by atoms with Crippen molar-refractivity contribution in [3.8, 4) is 0 Å². The predicted molar refractivity (Wildman–Crippen MR) is 109 cm³/mol. The van der Waals surface area contributed by atoms with Crippen LogP contribution in [0.5, 0.6) is 0 Å². The molecule has 4 nitrogen and oxygen atoms in total. The molecule has 27 heavy (non-hydrogen) atoms. The average Bonchev–Trinajstić information content (AvgIpc) is 3.08. The van der Waals surface area contributed by atoms with Crippen molar-refractivity contribution in [2.75, 3.05) is 23.3 Å². The van der Waals surface area contributed by atoms with E-state index in [9.17, 15) is 9.18 Å². The molecule has 1 aromatic heterocycles. The van der Waals surface area contributed by atoms with Gasteiger partial charge in [0.2, 0.25) is 5.91 Å². The molecule has 0 radical (unpaired) electrons. The number of hydrogen-bond acceptors (Lipinski definition) is 4. The van der Waals surface area contributed by atoms with Crippen molar-refractivity contribution >= 4 is 49.9 Å². The topological polar surface area (TPSA) is 45.2 Å². The Bertz CT molecular complexity index is 1010. The first-order valence-corrected chi connectivity index (χ1v) is 10.1. The fourth-order valence-electron chi connectivity index (χ4n) is 3.34. The lowest BCUT2D eigenvalue weighted by Crippen LogP contribution is -2.40. The first-order valence-electron chi connectivity index (χ1n) is 8.87. The largest absolute Gasteiger partial charge is 0.347 e. The number of thiazole rings is 1. The number of benzene rings is 2. The maximum Gasteiger partial charge on any atom is 0.229 e. The Morgan fingerprint density at radius 3 is 3.00 bits per heavy atom. The zero-order valence-electron chi connectivity index (χ0n) is 14.8. The van der Waals surface area contributed by atoms with E-state index in [2.05, 4.69) is 29.3 Å². The van der Waals surface area contributed by atoms with Crippen LogP contribution in [0.4, 0.5) is 15.2 Å². The van der Waals surface area contributed by atoms with Crippen LogP contribution >= 0.6 is 22.9 Å². The minimum atomic E-state index is -0.496. The van der Waals surface area contributed by atoms with Crippen molar-refractivity contribution in [3.63, 3.8) is 0 Å². The van der Waals surface area contributed by atoms with Gasteiger partial charge in [-0.25, -0.2) is 9.37 Å². The summed E-state index contributed by atoms with van der Waals surface area (Å²) in [7, 11) is 0.